The molecule has 1 aliphatic rings. The summed E-state index contributed by atoms with van der Waals surface area (Å²) in [4.78, 5) is 25.9. The van der Waals surface area contributed by atoms with Gasteiger partial charge < -0.3 is 20.7 Å². The van der Waals surface area contributed by atoms with Gasteiger partial charge >= 0.3 is 0 Å². The normalized spacial score (nSPS) is 13.2. The van der Waals surface area contributed by atoms with Crippen molar-refractivity contribution in [1.82, 2.24) is 4.90 Å². The van der Waals surface area contributed by atoms with Gasteiger partial charge in [0.15, 0.2) is 0 Å². The number of hydrogen-bond donors (Lipinski definition) is 2. The first kappa shape index (κ1) is 20.7. The Bertz CT molecular complexity index is 763. The Balaban J connectivity index is 0.00000261. The Labute approximate surface area is 165 Å². The second-order valence-corrected chi connectivity index (χ2v) is 6.23. The van der Waals surface area contributed by atoms with E-state index in [1.807, 2.05) is 17.0 Å². The molecule has 144 valence electrons. The van der Waals surface area contributed by atoms with Crippen LogP contribution in [0.5, 0.6) is 5.75 Å². The monoisotopic (exact) mass is 389 g/mol. The highest BCUT2D eigenvalue weighted by Crippen LogP contribution is 2.18. The summed E-state index contributed by atoms with van der Waals surface area (Å²) < 4.78 is 5.41. The fourth-order valence-electron chi connectivity index (χ4n) is 2.87. The molecule has 0 atom stereocenters. The maximum absolute atomic E-state index is 12.4. The molecule has 0 aromatic heterocycles. The average Bonchev–Trinajstić information content (AvgIpc) is 3.06. The quantitative estimate of drug-likeness (QED) is 0.762. The molecule has 7 heteroatoms. The van der Waals surface area contributed by atoms with Crippen LogP contribution in [0.25, 0.3) is 0 Å². The summed E-state index contributed by atoms with van der Waals surface area (Å²) in [6.45, 7) is 2.33. The SMILES string of the molecule is Cl.NCCOc1ccc(NC(=O)c2ccc(CN3CCCC3=O)cc2)cc1. The number of likely N-dealkylation sites (tertiary alicyclic amines) is 1. The minimum atomic E-state index is -0.176. The summed E-state index contributed by atoms with van der Waals surface area (Å²) in [7, 11) is 0. The lowest BCUT2D eigenvalue weighted by Gasteiger charge is -2.15. The molecule has 6 nitrogen and oxygen atoms in total. The van der Waals surface area contributed by atoms with Gasteiger partial charge in [0.2, 0.25) is 5.91 Å². The minimum Gasteiger partial charge on any atom is -0.492 e. The summed E-state index contributed by atoms with van der Waals surface area (Å²) in [5.74, 6) is 0.740. The van der Waals surface area contributed by atoms with E-state index < -0.39 is 0 Å². The first-order chi connectivity index (χ1) is 12.7. The van der Waals surface area contributed by atoms with Crippen molar-refractivity contribution in [3.8, 4) is 5.75 Å². The smallest absolute Gasteiger partial charge is 0.255 e. The molecule has 0 radical (unpaired) electrons. The zero-order chi connectivity index (χ0) is 18.4. The van der Waals surface area contributed by atoms with Gasteiger partial charge in [0.1, 0.15) is 12.4 Å². The largest absolute Gasteiger partial charge is 0.492 e. The van der Waals surface area contributed by atoms with Crippen LogP contribution < -0.4 is 15.8 Å². The molecular formula is C20H24ClN3O3. The molecule has 1 heterocycles. The number of hydrogen-bond acceptors (Lipinski definition) is 4. The third kappa shape index (κ3) is 5.70. The summed E-state index contributed by atoms with van der Waals surface area (Å²) in [5, 5.41) is 2.86. The van der Waals surface area contributed by atoms with E-state index in [2.05, 4.69) is 5.32 Å². The van der Waals surface area contributed by atoms with Crippen molar-refractivity contribution in [2.45, 2.75) is 19.4 Å². The first-order valence-corrected chi connectivity index (χ1v) is 8.77. The van der Waals surface area contributed by atoms with Crippen LogP contribution in [-0.4, -0.2) is 36.4 Å². The Morgan fingerprint density at radius 3 is 2.41 bits per heavy atom. The Morgan fingerprint density at radius 2 is 1.81 bits per heavy atom. The molecule has 0 bridgehead atoms. The number of halogens is 1. The van der Waals surface area contributed by atoms with Crippen LogP contribution >= 0.6 is 12.4 Å². The maximum Gasteiger partial charge on any atom is 0.255 e. The van der Waals surface area contributed by atoms with Gasteiger partial charge in [-0.1, -0.05) is 12.1 Å². The third-order valence-corrected chi connectivity index (χ3v) is 4.26. The van der Waals surface area contributed by atoms with Crippen LogP contribution in [0, 0.1) is 0 Å². The fourth-order valence-corrected chi connectivity index (χ4v) is 2.87. The molecule has 1 fully saturated rings. The molecule has 0 spiro atoms. The lowest BCUT2D eigenvalue weighted by molar-refractivity contribution is -0.128. The number of carbonyl (C=O) groups is 2. The Morgan fingerprint density at radius 1 is 1.11 bits per heavy atom. The van der Waals surface area contributed by atoms with Crippen molar-refractivity contribution in [1.29, 1.82) is 0 Å². The predicted molar refractivity (Wildman–Crippen MR) is 107 cm³/mol. The number of nitrogens with zero attached hydrogens (tertiary/aromatic N) is 1. The van der Waals surface area contributed by atoms with Crippen molar-refractivity contribution in [3.63, 3.8) is 0 Å². The van der Waals surface area contributed by atoms with Crippen LogP contribution in [0.2, 0.25) is 0 Å². The van der Waals surface area contributed by atoms with Gasteiger partial charge in [-0.3, -0.25) is 9.59 Å². The molecule has 2 aromatic rings. The van der Waals surface area contributed by atoms with E-state index in [-0.39, 0.29) is 24.2 Å². The van der Waals surface area contributed by atoms with Gasteiger partial charge in [-0.25, -0.2) is 0 Å². The number of anilines is 1. The van der Waals surface area contributed by atoms with Crippen molar-refractivity contribution in [2.75, 3.05) is 25.0 Å². The zero-order valence-corrected chi connectivity index (χ0v) is 15.8. The van der Waals surface area contributed by atoms with Crippen LogP contribution in [0.1, 0.15) is 28.8 Å². The number of amides is 2. The Kier molecular flexibility index (Phi) is 7.64. The Hall–Kier alpha value is -2.57. The molecule has 1 saturated heterocycles. The molecule has 27 heavy (non-hydrogen) atoms. The lowest BCUT2D eigenvalue weighted by Crippen LogP contribution is -2.23. The summed E-state index contributed by atoms with van der Waals surface area (Å²) >= 11 is 0. The summed E-state index contributed by atoms with van der Waals surface area (Å²) in [5.41, 5.74) is 7.69. The molecule has 3 rings (SSSR count). The topological polar surface area (TPSA) is 84.7 Å². The molecule has 0 aliphatic carbocycles. The maximum atomic E-state index is 12.4. The van der Waals surface area contributed by atoms with Crippen LogP contribution in [0.15, 0.2) is 48.5 Å². The number of benzene rings is 2. The number of carbonyl (C=O) groups excluding carboxylic acids is 2. The van der Waals surface area contributed by atoms with Crippen LogP contribution in [0.3, 0.4) is 0 Å². The number of rotatable bonds is 7. The third-order valence-electron chi connectivity index (χ3n) is 4.26. The number of ether oxygens (including phenoxy) is 1. The van der Waals surface area contributed by atoms with E-state index in [9.17, 15) is 9.59 Å². The second-order valence-electron chi connectivity index (χ2n) is 6.23. The van der Waals surface area contributed by atoms with Crippen LogP contribution in [0.4, 0.5) is 5.69 Å². The zero-order valence-electron chi connectivity index (χ0n) is 15.0. The minimum absolute atomic E-state index is 0. The van der Waals surface area contributed by atoms with Gasteiger partial charge in [-0.15, -0.1) is 12.4 Å². The van der Waals surface area contributed by atoms with Gasteiger partial charge in [0.05, 0.1) is 0 Å². The fraction of sp³-hybridized carbons (Fsp3) is 0.300. The number of nitrogens with two attached hydrogens (primary N) is 1. The summed E-state index contributed by atoms with van der Waals surface area (Å²) in [6.07, 6.45) is 1.56. The van der Waals surface area contributed by atoms with E-state index in [4.69, 9.17) is 10.5 Å². The molecular weight excluding hydrogens is 366 g/mol. The molecule has 0 saturated carbocycles. The molecule has 3 N–H and O–H groups in total. The van der Waals surface area contributed by atoms with E-state index in [0.29, 0.717) is 43.1 Å². The van der Waals surface area contributed by atoms with E-state index >= 15 is 0 Å². The predicted octanol–water partition coefficient (Wildman–Crippen LogP) is 2.82. The van der Waals surface area contributed by atoms with E-state index in [1.165, 1.54) is 0 Å². The summed E-state index contributed by atoms with van der Waals surface area (Å²) in [6, 6.07) is 14.5. The molecule has 1 aliphatic heterocycles. The molecule has 2 aromatic carbocycles. The number of nitrogens with one attached hydrogen (secondary N) is 1. The van der Waals surface area contributed by atoms with E-state index in [1.54, 1.807) is 36.4 Å². The van der Waals surface area contributed by atoms with Gasteiger partial charge in [0, 0.05) is 37.3 Å². The standard InChI is InChI=1S/C20H23N3O3.ClH/c21-11-13-26-18-9-7-17(8-10-18)22-20(25)16-5-3-15(4-6-16)14-23-12-1-2-19(23)24;/h3-10H,1-2,11-14,21H2,(H,22,25);1H. The van der Waals surface area contributed by atoms with Gasteiger partial charge in [-0.2, -0.15) is 0 Å². The molecule has 0 unspecified atom stereocenters. The van der Waals surface area contributed by atoms with Gasteiger partial charge in [-0.05, 0) is 48.4 Å². The van der Waals surface area contributed by atoms with Crippen molar-refractivity contribution in [2.24, 2.45) is 5.73 Å². The highest BCUT2D eigenvalue weighted by molar-refractivity contribution is 6.04. The average molecular weight is 390 g/mol. The van der Waals surface area contributed by atoms with Crippen molar-refractivity contribution < 1.29 is 14.3 Å². The molecule has 2 amide bonds. The highest BCUT2D eigenvalue weighted by atomic mass is 35.5. The van der Waals surface area contributed by atoms with Crippen molar-refractivity contribution >= 4 is 29.9 Å². The first-order valence-electron chi connectivity index (χ1n) is 8.77. The van der Waals surface area contributed by atoms with Crippen molar-refractivity contribution in [3.05, 3.63) is 59.7 Å². The van der Waals surface area contributed by atoms with Crippen LogP contribution in [-0.2, 0) is 11.3 Å². The lowest BCUT2D eigenvalue weighted by atomic mass is 10.1. The van der Waals surface area contributed by atoms with E-state index in [0.717, 1.165) is 18.5 Å². The second kappa shape index (κ2) is 9.94. The van der Waals surface area contributed by atoms with Gasteiger partial charge in [0.25, 0.3) is 5.91 Å². The highest BCUT2D eigenvalue weighted by Gasteiger charge is 2.20.